The number of thioether (sulfide) groups is 1. The minimum Gasteiger partial charge on any atom is -0.350 e. The first kappa shape index (κ1) is 14.0. The molecule has 0 spiro atoms. The fraction of sp³-hybridized carbons (Fsp3) is 0.0667. The summed E-state index contributed by atoms with van der Waals surface area (Å²) in [5.41, 5.74) is 1.74. The molecule has 0 aliphatic rings. The lowest BCUT2D eigenvalue weighted by molar-refractivity contribution is 0.626. The molecule has 98 valence electrons. The van der Waals surface area contributed by atoms with E-state index in [-0.39, 0.29) is 5.82 Å². The fourth-order valence-corrected chi connectivity index (χ4v) is 2.43. The van der Waals surface area contributed by atoms with Gasteiger partial charge in [0.15, 0.2) is 0 Å². The minimum atomic E-state index is -0.220. The Morgan fingerprint density at radius 3 is 2.74 bits per heavy atom. The topological polar surface area (TPSA) is 12.0 Å². The molecule has 4 heteroatoms. The third kappa shape index (κ3) is 4.30. The SMILES string of the molecule is C=C(Nc1ccccc1Cl)SCc1cccc(F)c1. The number of benzene rings is 2. The van der Waals surface area contributed by atoms with Gasteiger partial charge in [-0.05, 0) is 29.8 Å². The van der Waals surface area contributed by atoms with E-state index in [9.17, 15) is 4.39 Å². The molecule has 0 saturated carbocycles. The summed E-state index contributed by atoms with van der Waals surface area (Å²) in [6, 6.07) is 14.0. The van der Waals surface area contributed by atoms with Crippen LogP contribution in [0.2, 0.25) is 5.02 Å². The summed E-state index contributed by atoms with van der Waals surface area (Å²) in [5, 5.41) is 4.56. The van der Waals surface area contributed by atoms with Crippen molar-refractivity contribution in [3.05, 3.63) is 76.5 Å². The second-order valence-electron chi connectivity index (χ2n) is 3.95. The summed E-state index contributed by atoms with van der Waals surface area (Å²) in [5.74, 6) is 0.441. The summed E-state index contributed by atoms with van der Waals surface area (Å²) < 4.78 is 13.0. The monoisotopic (exact) mass is 293 g/mol. The van der Waals surface area contributed by atoms with Crippen LogP contribution in [0, 0.1) is 5.82 Å². The van der Waals surface area contributed by atoms with E-state index in [0.29, 0.717) is 10.8 Å². The van der Waals surface area contributed by atoms with Crippen molar-refractivity contribution in [1.29, 1.82) is 0 Å². The van der Waals surface area contributed by atoms with Crippen LogP contribution in [-0.2, 0) is 5.75 Å². The zero-order chi connectivity index (χ0) is 13.7. The predicted octanol–water partition coefficient (Wildman–Crippen LogP) is 5.30. The summed E-state index contributed by atoms with van der Waals surface area (Å²) in [7, 11) is 0. The van der Waals surface area contributed by atoms with Gasteiger partial charge < -0.3 is 5.32 Å². The van der Waals surface area contributed by atoms with E-state index in [1.165, 1.54) is 23.9 Å². The normalized spacial score (nSPS) is 10.2. The molecule has 0 amide bonds. The number of rotatable bonds is 5. The van der Waals surface area contributed by atoms with Gasteiger partial charge in [0.2, 0.25) is 0 Å². The van der Waals surface area contributed by atoms with Crippen LogP contribution in [-0.4, -0.2) is 0 Å². The minimum absolute atomic E-state index is 0.220. The molecule has 0 aromatic heterocycles. The quantitative estimate of drug-likeness (QED) is 0.803. The number of halogens is 2. The lowest BCUT2D eigenvalue weighted by atomic mass is 10.2. The van der Waals surface area contributed by atoms with Crippen LogP contribution in [0.4, 0.5) is 10.1 Å². The molecule has 0 saturated heterocycles. The van der Waals surface area contributed by atoms with E-state index >= 15 is 0 Å². The second kappa shape index (κ2) is 6.64. The molecule has 19 heavy (non-hydrogen) atoms. The Kier molecular flexibility index (Phi) is 4.88. The first-order chi connectivity index (χ1) is 9.15. The Bertz CT molecular complexity index is 586. The maximum absolute atomic E-state index is 13.0. The van der Waals surface area contributed by atoms with Crippen LogP contribution >= 0.6 is 23.4 Å². The van der Waals surface area contributed by atoms with Gasteiger partial charge in [-0.2, -0.15) is 0 Å². The van der Waals surface area contributed by atoms with Crippen LogP contribution in [0.5, 0.6) is 0 Å². The molecule has 0 heterocycles. The van der Waals surface area contributed by atoms with E-state index in [4.69, 9.17) is 11.6 Å². The van der Waals surface area contributed by atoms with Gasteiger partial charge in [-0.3, -0.25) is 0 Å². The van der Waals surface area contributed by atoms with E-state index in [1.54, 1.807) is 6.07 Å². The van der Waals surface area contributed by atoms with Crippen LogP contribution in [0.3, 0.4) is 0 Å². The molecule has 0 unspecified atom stereocenters. The largest absolute Gasteiger partial charge is 0.350 e. The first-order valence-electron chi connectivity index (χ1n) is 5.73. The number of anilines is 1. The van der Waals surface area contributed by atoms with E-state index in [1.807, 2.05) is 30.3 Å². The molecular formula is C15H13ClFNS. The van der Waals surface area contributed by atoms with Crippen molar-refractivity contribution in [2.24, 2.45) is 0 Å². The highest BCUT2D eigenvalue weighted by Crippen LogP contribution is 2.26. The summed E-state index contributed by atoms with van der Waals surface area (Å²) in [6.07, 6.45) is 0. The highest BCUT2D eigenvalue weighted by Gasteiger charge is 2.02. The molecule has 0 atom stereocenters. The van der Waals surface area contributed by atoms with Gasteiger partial charge in [-0.25, -0.2) is 4.39 Å². The smallest absolute Gasteiger partial charge is 0.123 e. The van der Waals surface area contributed by atoms with Crippen molar-refractivity contribution in [3.63, 3.8) is 0 Å². The standard InChI is InChI=1S/C15H13ClFNS/c1-11(18-15-8-3-2-7-14(15)16)19-10-12-5-4-6-13(17)9-12/h2-9,18H,1,10H2. The van der Waals surface area contributed by atoms with E-state index in [0.717, 1.165) is 16.3 Å². The molecular weight excluding hydrogens is 281 g/mol. The Morgan fingerprint density at radius 2 is 2.00 bits per heavy atom. The third-order valence-electron chi connectivity index (χ3n) is 2.45. The zero-order valence-corrected chi connectivity index (χ0v) is 11.8. The van der Waals surface area contributed by atoms with Crippen LogP contribution < -0.4 is 5.32 Å². The molecule has 2 aromatic rings. The van der Waals surface area contributed by atoms with Crippen molar-refractivity contribution >= 4 is 29.1 Å². The molecule has 1 N–H and O–H groups in total. The summed E-state index contributed by atoms with van der Waals surface area (Å²) in [4.78, 5) is 0. The predicted molar refractivity (Wildman–Crippen MR) is 81.9 cm³/mol. The van der Waals surface area contributed by atoms with Gasteiger partial charge >= 0.3 is 0 Å². The van der Waals surface area contributed by atoms with Gasteiger partial charge in [-0.15, -0.1) is 11.8 Å². The highest BCUT2D eigenvalue weighted by molar-refractivity contribution is 8.02. The Balaban J connectivity index is 1.90. The van der Waals surface area contributed by atoms with Gasteiger partial charge in [0.25, 0.3) is 0 Å². The second-order valence-corrected chi connectivity index (χ2v) is 5.42. The molecule has 0 bridgehead atoms. The van der Waals surface area contributed by atoms with Crippen molar-refractivity contribution in [2.75, 3.05) is 5.32 Å². The number of hydrogen-bond donors (Lipinski definition) is 1. The number of para-hydroxylation sites is 1. The lowest BCUT2D eigenvalue weighted by Gasteiger charge is -2.10. The summed E-state index contributed by atoms with van der Waals surface area (Å²) in [6.45, 7) is 3.93. The molecule has 0 aliphatic carbocycles. The molecule has 0 fully saturated rings. The maximum atomic E-state index is 13.0. The lowest BCUT2D eigenvalue weighted by Crippen LogP contribution is -1.95. The Labute approximate surface area is 121 Å². The average molecular weight is 294 g/mol. The number of nitrogens with one attached hydrogen (secondary N) is 1. The molecule has 2 aromatic carbocycles. The van der Waals surface area contributed by atoms with Crippen molar-refractivity contribution in [3.8, 4) is 0 Å². The molecule has 2 rings (SSSR count). The molecule has 0 radical (unpaired) electrons. The van der Waals surface area contributed by atoms with E-state index < -0.39 is 0 Å². The van der Waals surface area contributed by atoms with Gasteiger partial charge in [-0.1, -0.05) is 42.4 Å². The number of hydrogen-bond acceptors (Lipinski definition) is 2. The summed E-state index contributed by atoms with van der Waals surface area (Å²) >= 11 is 7.55. The first-order valence-corrected chi connectivity index (χ1v) is 7.09. The average Bonchev–Trinajstić information content (AvgIpc) is 2.39. The Morgan fingerprint density at radius 1 is 1.21 bits per heavy atom. The van der Waals surface area contributed by atoms with Crippen molar-refractivity contribution < 1.29 is 4.39 Å². The van der Waals surface area contributed by atoms with Crippen LogP contribution in [0.25, 0.3) is 0 Å². The maximum Gasteiger partial charge on any atom is 0.123 e. The van der Waals surface area contributed by atoms with Crippen LogP contribution in [0.1, 0.15) is 5.56 Å². The van der Waals surface area contributed by atoms with Gasteiger partial charge in [0.1, 0.15) is 5.82 Å². The highest BCUT2D eigenvalue weighted by atomic mass is 35.5. The van der Waals surface area contributed by atoms with Gasteiger partial charge in [0, 0.05) is 5.75 Å². The zero-order valence-electron chi connectivity index (χ0n) is 10.2. The molecule has 0 aliphatic heterocycles. The van der Waals surface area contributed by atoms with Crippen molar-refractivity contribution in [1.82, 2.24) is 0 Å². The van der Waals surface area contributed by atoms with Gasteiger partial charge in [0.05, 0.1) is 15.7 Å². The Hall–Kier alpha value is -1.45. The van der Waals surface area contributed by atoms with Crippen LogP contribution in [0.15, 0.2) is 60.1 Å². The molecule has 1 nitrogen and oxygen atoms in total. The fourth-order valence-electron chi connectivity index (χ4n) is 1.55. The van der Waals surface area contributed by atoms with Crippen molar-refractivity contribution in [2.45, 2.75) is 5.75 Å². The van der Waals surface area contributed by atoms with E-state index in [2.05, 4.69) is 11.9 Å². The third-order valence-corrected chi connectivity index (χ3v) is 3.71.